The average Bonchev–Trinajstić information content (AvgIpc) is 2.36. The highest BCUT2D eigenvalue weighted by Crippen LogP contribution is 2.29. The molecule has 2 nitrogen and oxygen atoms in total. The Labute approximate surface area is 110 Å². The predicted molar refractivity (Wildman–Crippen MR) is 69.9 cm³/mol. The van der Waals surface area contributed by atoms with E-state index in [-0.39, 0.29) is 5.82 Å². The van der Waals surface area contributed by atoms with E-state index >= 15 is 0 Å². The van der Waals surface area contributed by atoms with E-state index < -0.39 is 0 Å². The van der Waals surface area contributed by atoms with Crippen LogP contribution in [0.1, 0.15) is 18.4 Å². The second-order valence-electron chi connectivity index (χ2n) is 4.48. The van der Waals surface area contributed by atoms with Crippen molar-refractivity contribution in [3.63, 3.8) is 0 Å². The van der Waals surface area contributed by atoms with Crippen molar-refractivity contribution in [1.82, 2.24) is 5.32 Å². The van der Waals surface area contributed by atoms with Crippen molar-refractivity contribution in [2.45, 2.75) is 19.3 Å². The summed E-state index contributed by atoms with van der Waals surface area (Å²) < 4.78 is 19.6. The van der Waals surface area contributed by atoms with Crippen LogP contribution in [0.4, 0.5) is 4.39 Å². The molecule has 1 N–H and O–H groups in total. The molecule has 0 unspecified atom stereocenters. The van der Waals surface area contributed by atoms with Crippen molar-refractivity contribution in [1.29, 1.82) is 0 Å². The van der Waals surface area contributed by atoms with Gasteiger partial charge in [0, 0.05) is 0 Å². The second-order valence-corrected chi connectivity index (χ2v) is 5.33. The van der Waals surface area contributed by atoms with E-state index in [4.69, 9.17) is 4.74 Å². The third-order valence-electron chi connectivity index (χ3n) is 3.28. The third kappa shape index (κ3) is 3.19. The molecule has 0 bridgehead atoms. The summed E-state index contributed by atoms with van der Waals surface area (Å²) in [5.41, 5.74) is 0.753. The lowest BCUT2D eigenvalue weighted by atomic mass is 9.91. The SMILES string of the molecule is COc1cc(Br)c(F)c(CC2CCNCC2)c1. The lowest BCUT2D eigenvalue weighted by Gasteiger charge is -2.23. The van der Waals surface area contributed by atoms with E-state index in [1.807, 2.05) is 6.07 Å². The van der Waals surface area contributed by atoms with Crippen LogP contribution in [0.5, 0.6) is 5.75 Å². The van der Waals surface area contributed by atoms with Crippen LogP contribution in [0.15, 0.2) is 16.6 Å². The molecule has 1 aromatic carbocycles. The highest BCUT2D eigenvalue weighted by Gasteiger charge is 2.17. The summed E-state index contributed by atoms with van der Waals surface area (Å²) in [6.07, 6.45) is 3.03. The average molecular weight is 302 g/mol. The van der Waals surface area contributed by atoms with Crippen molar-refractivity contribution in [3.8, 4) is 5.75 Å². The van der Waals surface area contributed by atoms with Gasteiger partial charge in [-0.25, -0.2) is 4.39 Å². The molecule has 0 atom stereocenters. The van der Waals surface area contributed by atoms with E-state index in [1.165, 1.54) is 0 Å². The van der Waals surface area contributed by atoms with Crippen LogP contribution in [-0.2, 0) is 6.42 Å². The highest BCUT2D eigenvalue weighted by atomic mass is 79.9. The van der Waals surface area contributed by atoms with Gasteiger partial charge in [0.1, 0.15) is 11.6 Å². The fourth-order valence-corrected chi connectivity index (χ4v) is 2.76. The summed E-state index contributed by atoms with van der Waals surface area (Å²) in [5.74, 6) is 1.14. The molecule has 0 radical (unpaired) electrons. The Bertz CT molecular complexity index is 391. The van der Waals surface area contributed by atoms with Crippen LogP contribution in [0, 0.1) is 11.7 Å². The Kier molecular flexibility index (Phi) is 4.40. The fourth-order valence-electron chi connectivity index (χ4n) is 2.28. The first kappa shape index (κ1) is 12.8. The van der Waals surface area contributed by atoms with Gasteiger partial charge in [-0.1, -0.05) is 0 Å². The van der Waals surface area contributed by atoms with Gasteiger partial charge in [0.2, 0.25) is 0 Å². The summed E-state index contributed by atoms with van der Waals surface area (Å²) in [5, 5.41) is 3.32. The molecule has 1 aliphatic rings. The maximum absolute atomic E-state index is 14.0. The summed E-state index contributed by atoms with van der Waals surface area (Å²) in [6, 6.07) is 3.48. The number of hydrogen-bond donors (Lipinski definition) is 1. The molecule has 0 spiro atoms. The number of ether oxygens (including phenoxy) is 1. The minimum Gasteiger partial charge on any atom is -0.497 e. The molecule has 4 heteroatoms. The van der Waals surface area contributed by atoms with E-state index in [0.29, 0.717) is 16.1 Å². The number of methoxy groups -OCH3 is 1. The van der Waals surface area contributed by atoms with Crippen LogP contribution >= 0.6 is 15.9 Å². The first-order chi connectivity index (χ1) is 8.20. The Balaban J connectivity index is 2.15. The van der Waals surface area contributed by atoms with Gasteiger partial charge >= 0.3 is 0 Å². The van der Waals surface area contributed by atoms with Crippen LogP contribution in [-0.4, -0.2) is 20.2 Å². The van der Waals surface area contributed by atoms with Gasteiger partial charge in [-0.3, -0.25) is 0 Å². The molecule has 1 aromatic rings. The minimum absolute atomic E-state index is 0.149. The molecule has 0 saturated carbocycles. The van der Waals surface area contributed by atoms with Gasteiger partial charge < -0.3 is 10.1 Å². The Morgan fingerprint density at radius 2 is 2.12 bits per heavy atom. The molecule has 1 saturated heterocycles. The zero-order valence-electron chi connectivity index (χ0n) is 9.93. The van der Waals surface area contributed by atoms with Crippen molar-refractivity contribution in [2.75, 3.05) is 20.2 Å². The molecule has 1 heterocycles. The molecule has 0 amide bonds. The highest BCUT2D eigenvalue weighted by molar-refractivity contribution is 9.10. The quantitative estimate of drug-likeness (QED) is 0.926. The van der Waals surface area contributed by atoms with Crippen molar-refractivity contribution in [2.24, 2.45) is 5.92 Å². The number of hydrogen-bond acceptors (Lipinski definition) is 2. The normalized spacial score (nSPS) is 17.1. The maximum Gasteiger partial charge on any atom is 0.140 e. The number of rotatable bonds is 3. The van der Waals surface area contributed by atoms with E-state index in [1.54, 1.807) is 13.2 Å². The molecule has 1 aliphatic heterocycles. The Morgan fingerprint density at radius 3 is 2.76 bits per heavy atom. The smallest absolute Gasteiger partial charge is 0.140 e. The molecular weight excluding hydrogens is 285 g/mol. The van der Waals surface area contributed by atoms with Crippen molar-refractivity contribution in [3.05, 3.63) is 28.0 Å². The lowest BCUT2D eigenvalue weighted by Crippen LogP contribution is -2.28. The van der Waals surface area contributed by atoms with E-state index in [9.17, 15) is 4.39 Å². The summed E-state index contributed by atoms with van der Waals surface area (Å²) in [4.78, 5) is 0. The molecule has 17 heavy (non-hydrogen) atoms. The first-order valence-corrected chi connectivity index (χ1v) is 6.72. The zero-order valence-corrected chi connectivity index (χ0v) is 11.5. The van der Waals surface area contributed by atoms with Gasteiger partial charge in [-0.2, -0.15) is 0 Å². The molecule has 2 rings (SSSR count). The number of piperidine rings is 1. The number of nitrogens with one attached hydrogen (secondary N) is 1. The Hall–Kier alpha value is -0.610. The third-order valence-corrected chi connectivity index (χ3v) is 3.86. The molecule has 94 valence electrons. The van der Waals surface area contributed by atoms with Gasteiger partial charge in [-0.15, -0.1) is 0 Å². The summed E-state index contributed by atoms with van der Waals surface area (Å²) in [7, 11) is 1.61. The van der Waals surface area contributed by atoms with Gasteiger partial charge in [0.05, 0.1) is 11.6 Å². The van der Waals surface area contributed by atoms with E-state index in [0.717, 1.165) is 37.9 Å². The predicted octanol–water partition coefficient (Wildman–Crippen LogP) is 3.14. The van der Waals surface area contributed by atoms with Crippen LogP contribution < -0.4 is 10.1 Å². The molecular formula is C13H17BrFNO. The lowest BCUT2D eigenvalue weighted by molar-refractivity contribution is 0.366. The van der Waals surface area contributed by atoms with Gasteiger partial charge in [-0.05, 0) is 71.9 Å². The van der Waals surface area contributed by atoms with Crippen LogP contribution in [0.3, 0.4) is 0 Å². The topological polar surface area (TPSA) is 21.3 Å². The molecule has 0 aliphatic carbocycles. The standard InChI is InChI=1S/C13H17BrFNO/c1-17-11-7-10(13(15)12(14)8-11)6-9-2-4-16-5-3-9/h7-9,16H,2-6H2,1H3. The number of halogens is 2. The van der Waals surface area contributed by atoms with Crippen LogP contribution in [0.2, 0.25) is 0 Å². The van der Waals surface area contributed by atoms with Crippen LogP contribution in [0.25, 0.3) is 0 Å². The molecule has 1 fully saturated rings. The number of benzene rings is 1. The Morgan fingerprint density at radius 1 is 1.41 bits per heavy atom. The van der Waals surface area contributed by atoms with Crippen molar-refractivity contribution >= 4 is 15.9 Å². The summed E-state index contributed by atoms with van der Waals surface area (Å²) in [6.45, 7) is 2.08. The summed E-state index contributed by atoms with van der Waals surface area (Å²) >= 11 is 3.24. The minimum atomic E-state index is -0.149. The van der Waals surface area contributed by atoms with E-state index in [2.05, 4.69) is 21.2 Å². The van der Waals surface area contributed by atoms with Gasteiger partial charge in [0.25, 0.3) is 0 Å². The second kappa shape index (κ2) is 5.83. The fraction of sp³-hybridized carbons (Fsp3) is 0.538. The van der Waals surface area contributed by atoms with Crippen molar-refractivity contribution < 1.29 is 9.13 Å². The largest absolute Gasteiger partial charge is 0.497 e. The first-order valence-electron chi connectivity index (χ1n) is 5.93. The monoisotopic (exact) mass is 301 g/mol. The maximum atomic E-state index is 14.0. The zero-order chi connectivity index (χ0) is 12.3. The molecule has 0 aromatic heterocycles. The van der Waals surface area contributed by atoms with Gasteiger partial charge in [0.15, 0.2) is 0 Å².